The molecule has 1 aromatic rings. The van der Waals surface area contributed by atoms with Gasteiger partial charge in [0.1, 0.15) is 5.70 Å². The number of nitrogens with one attached hydrogen (secondary N) is 1. The Morgan fingerprint density at radius 1 is 1.33 bits per heavy atom. The fourth-order valence-electron chi connectivity index (χ4n) is 1.51. The third-order valence-corrected chi connectivity index (χ3v) is 3.20. The fraction of sp³-hybridized carbons (Fsp3) is 0. The number of halogens is 1. The van der Waals surface area contributed by atoms with Crippen LogP contribution in [-0.2, 0) is 4.79 Å². The SMILES string of the molecule is O=C1N/C(=C(\Br)c2ccccc2)C(O)=C1[N+](=O)[O-]. The number of hydrogen-bond acceptors (Lipinski definition) is 4. The van der Waals surface area contributed by atoms with E-state index >= 15 is 0 Å². The Morgan fingerprint density at radius 3 is 2.44 bits per heavy atom. The Morgan fingerprint density at radius 2 is 1.94 bits per heavy atom. The van der Waals surface area contributed by atoms with Crippen LogP contribution in [0.3, 0.4) is 0 Å². The second-order valence-electron chi connectivity index (χ2n) is 3.46. The van der Waals surface area contributed by atoms with Crippen molar-refractivity contribution >= 4 is 26.3 Å². The summed E-state index contributed by atoms with van der Waals surface area (Å²) in [5, 5.41) is 22.6. The zero-order chi connectivity index (χ0) is 13.3. The molecule has 92 valence electrons. The van der Waals surface area contributed by atoms with Gasteiger partial charge in [0.05, 0.1) is 9.41 Å². The van der Waals surface area contributed by atoms with Gasteiger partial charge in [0.25, 0.3) is 0 Å². The number of aliphatic hydroxyl groups is 1. The molecule has 6 nitrogen and oxygen atoms in total. The number of amides is 1. The predicted octanol–water partition coefficient (Wildman–Crippen LogP) is 1.93. The van der Waals surface area contributed by atoms with E-state index in [0.717, 1.165) is 0 Å². The van der Waals surface area contributed by atoms with Gasteiger partial charge in [-0.1, -0.05) is 30.3 Å². The summed E-state index contributed by atoms with van der Waals surface area (Å²) in [6.07, 6.45) is 0. The molecular weight excluding hydrogens is 304 g/mol. The van der Waals surface area contributed by atoms with Crippen LogP contribution < -0.4 is 5.32 Å². The molecule has 1 aromatic carbocycles. The van der Waals surface area contributed by atoms with E-state index in [9.17, 15) is 20.0 Å². The summed E-state index contributed by atoms with van der Waals surface area (Å²) in [6.45, 7) is 0. The molecule has 0 radical (unpaired) electrons. The molecule has 0 saturated heterocycles. The van der Waals surface area contributed by atoms with Gasteiger partial charge in [0, 0.05) is 0 Å². The van der Waals surface area contributed by atoms with Crippen LogP contribution in [-0.4, -0.2) is 15.9 Å². The summed E-state index contributed by atoms with van der Waals surface area (Å²) in [5.74, 6) is -1.60. The highest BCUT2D eigenvalue weighted by molar-refractivity contribution is 9.15. The average Bonchev–Trinajstić information content (AvgIpc) is 2.65. The van der Waals surface area contributed by atoms with E-state index in [1.165, 1.54) is 0 Å². The normalized spacial score (nSPS) is 17.7. The van der Waals surface area contributed by atoms with Crippen LogP contribution >= 0.6 is 15.9 Å². The molecule has 1 aliphatic rings. The summed E-state index contributed by atoms with van der Waals surface area (Å²) in [4.78, 5) is 21.0. The van der Waals surface area contributed by atoms with Gasteiger partial charge in [0.15, 0.2) is 0 Å². The van der Waals surface area contributed by atoms with E-state index in [1.807, 2.05) is 0 Å². The Bertz CT molecular complexity index is 592. The topological polar surface area (TPSA) is 92.5 Å². The first-order valence-corrected chi connectivity index (χ1v) is 5.66. The lowest BCUT2D eigenvalue weighted by Gasteiger charge is -2.04. The number of benzene rings is 1. The van der Waals surface area contributed by atoms with Crippen LogP contribution in [0.5, 0.6) is 0 Å². The third kappa shape index (κ3) is 2.00. The standard InChI is InChI=1S/C11H7BrN2O4/c12-7(6-4-2-1-3-5-6)8-10(15)9(14(17)18)11(16)13-8/h1-5,15H,(H,13,16)/b8-7-. The molecule has 0 aliphatic carbocycles. The number of carbonyl (C=O) groups is 1. The molecule has 0 aromatic heterocycles. The molecule has 1 amide bonds. The Kier molecular flexibility index (Phi) is 3.15. The molecule has 2 rings (SSSR count). The lowest BCUT2D eigenvalue weighted by Crippen LogP contribution is -2.19. The maximum absolute atomic E-state index is 11.3. The minimum atomic E-state index is -0.930. The molecule has 0 saturated carbocycles. The van der Waals surface area contributed by atoms with Gasteiger partial charge in [-0.2, -0.15) is 0 Å². The Labute approximate surface area is 110 Å². The minimum absolute atomic E-state index is 0.00194. The average molecular weight is 311 g/mol. The quantitative estimate of drug-likeness (QED) is 0.645. The van der Waals surface area contributed by atoms with Crippen molar-refractivity contribution in [3.8, 4) is 0 Å². The van der Waals surface area contributed by atoms with Crippen LogP contribution in [0.15, 0.2) is 47.5 Å². The first-order valence-electron chi connectivity index (χ1n) is 4.87. The van der Waals surface area contributed by atoms with Crippen LogP contribution in [0.25, 0.3) is 4.48 Å². The van der Waals surface area contributed by atoms with Crippen molar-refractivity contribution in [1.82, 2.24) is 5.32 Å². The second kappa shape index (κ2) is 4.61. The molecule has 18 heavy (non-hydrogen) atoms. The van der Waals surface area contributed by atoms with Crippen molar-refractivity contribution in [3.05, 3.63) is 63.2 Å². The lowest BCUT2D eigenvalue weighted by molar-refractivity contribution is -0.420. The summed E-state index contributed by atoms with van der Waals surface area (Å²) in [7, 11) is 0. The fourth-order valence-corrected chi connectivity index (χ4v) is 2.07. The zero-order valence-corrected chi connectivity index (χ0v) is 10.5. The van der Waals surface area contributed by atoms with Gasteiger partial charge >= 0.3 is 11.6 Å². The molecule has 0 atom stereocenters. The van der Waals surface area contributed by atoms with Crippen LogP contribution in [0.1, 0.15) is 5.56 Å². The van der Waals surface area contributed by atoms with E-state index < -0.39 is 22.3 Å². The van der Waals surface area contributed by atoms with Crippen LogP contribution in [0.4, 0.5) is 0 Å². The highest BCUT2D eigenvalue weighted by Crippen LogP contribution is 2.31. The van der Waals surface area contributed by atoms with Gasteiger partial charge in [0.2, 0.25) is 5.76 Å². The maximum Gasteiger partial charge on any atom is 0.377 e. The van der Waals surface area contributed by atoms with Gasteiger partial charge < -0.3 is 10.4 Å². The summed E-state index contributed by atoms with van der Waals surface area (Å²) < 4.78 is 0.380. The molecule has 1 aliphatic heterocycles. The Balaban J connectivity index is 2.54. The van der Waals surface area contributed by atoms with Gasteiger partial charge in [-0.25, -0.2) is 0 Å². The molecular formula is C11H7BrN2O4. The van der Waals surface area contributed by atoms with Gasteiger partial charge in [-0.15, -0.1) is 0 Å². The van der Waals surface area contributed by atoms with Crippen molar-refractivity contribution < 1.29 is 14.8 Å². The molecule has 0 unspecified atom stereocenters. The summed E-state index contributed by atoms with van der Waals surface area (Å²) >= 11 is 3.21. The van der Waals surface area contributed by atoms with Crippen molar-refractivity contribution in [3.63, 3.8) is 0 Å². The highest BCUT2D eigenvalue weighted by atomic mass is 79.9. The van der Waals surface area contributed by atoms with Crippen LogP contribution in [0.2, 0.25) is 0 Å². The van der Waals surface area contributed by atoms with Gasteiger partial charge in [-0.3, -0.25) is 14.9 Å². The number of nitrogens with zero attached hydrogens (tertiary/aromatic N) is 1. The molecule has 0 bridgehead atoms. The molecule has 0 spiro atoms. The number of hydrogen-bond donors (Lipinski definition) is 2. The number of nitro groups is 1. The van der Waals surface area contributed by atoms with E-state index in [0.29, 0.717) is 10.0 Å². The number of aliphatic hydroxyl groups excluding tert-OH is 1. The maximum atomic E-state index is 11.3. The summed E-state index contributed by atoms with van der Waals surface area (Å²) in [5.41, 5.74) is -0.167. The molecule has 1 heterocycles. The largest absolute Gasteiger partial charge is 0.500 e. The summed E-state index contributed by atoms with van der Waals surface area (Å²) in [6, 6.07) is 8.81. The monoisotopic (exact) mass is 310 g/mol. The van der Waals surface area contributed by atoms with Crippen molar-refractivity contribution in [2.24, 2.45) is 0 Å². The van der Waals surface area contributed by atoms with E-state index in [1.54, 1.807) is 30.3 Å². The van der Waals surface area contributed by atoms with E-state index in [-0.39, 0.29) is 5.70 Å². The van der Waals surface area contributed by atoms with Crippen molar-refractivity contribution in [1.29, 1.82) is 0 Å². The van der Waals surface area contributed by atoms with Crippen LogP contribution in [0, 0.1) is 10.1 Å². The van der Waals surface area contributed by atoms with E-state index in [2.05, 4.69) is 21.2 Å². The second-order valence-corrected chi connectivity index (χ2v) is 4.26. The first kappa shape index (κ1) is 12.3. The smallest absolute Gasteiger partial charge is 0.377 e. The zero-order valence-electron chi connectivity index (χ0n) is 8.88. The number of rotatable bonds is 2. The lowest BCUT2D eigenvalue weighted by atomic mass is 10.2. The van der Waals surface area contributed by atoms with Gasteiger partial charge in [-0.05, 0) is 21.5 Å². The first-order chi connectivity index (χ1) is 8.52. The molecule has 0 fully saturated rings. The predicted molar refractivity (Wildman–Crippen MR) is 67.1 cm³/mol. The van der Waals surface area contributed by atoms with E-state index in [4.69, 9.17) is 0 Å². The highest BCUT2D eigenvalue weighted by Gasteiger charge is 2.38. The minimum Gasteiger partial charge on any atom is -0.500 e. The third-order valence-electron chi connectivity index (χ3n) is 2.34. The molecule has 7 heteroatoms. The molecule has 2 N–H and O–H groups in total. The van der Waals surface area contributed by atoms with Crippen molar-refractivity contribution in [2.75, 3.05) is 0 Å². The number of carbonyl (C=O) groups excluding carboxylic acids is 1. The Hall–Kier alpha value is -2.15. The van der Waals surface area contributed by atoms with Crippen molar-refractivity contribution in [2.45, 2.75) is 0 Å².